The van der Waals surface area contributed by atoms with Crippen molar-refractivity contribution in [3.05, 3.63) is 45.5 Å². The lowest BCUT2D eigenvalue weighted by atomic mass is 10.1. The van der Waals surface area contributed by atoms with Gasteiger partial charge in [0.15, 0.2) is 5.03 Å². The Hall–Kier alpha value is -2.11. The second-order valence-electron chi connectivity index (χ2n) is 3.52. The first kappa shape index (κ1) is 12.0. The molecule has 0 radical (unpaired) electrons. The summed E-state index contributed by atoms with van der Waals surface area (Å²) in [6.07, 6.45) is 0. The van der Waals surface area contributed by atoms with E-state index in [4.69, 9.17) is 5.41 Å². The van der Waals surface area contributed by atoms with Crippen LogP contribution in [0.1, 0.15) is 24.1 Å². The molecule has 0 heterocycles. The number of hydrazine groups is 1. The molecule has 1 rings (SSSR count). The van der Waals surface area contributed by atoms with E-state index in [0.717, 1.165) is 11.1 Å². The van der Waals surface area contributed by atoms with Crippen molar-refractivity contribution in [2.24, 2.45) is 0 Å². The van der Waals surface area contributed by atoms with Crippen LogP contribution in [0.15, 0.2) is 24.3 Å². The Balaban J connectivity index is 2.62. The molecule has 6 nitrogen and oxygen atoms in total. The molecule has 1 aromatic rings. The van der Waals surface area contributed by atoms with E-state index >= 15 is 0 Å². The number of aryl methyl sites for hydroxylation is 1. The van der Waals surface area contributed by atoms with Crippen molar-refractivity contribution < 1.29 is 5.03 Å². The lowest BCUT2D eigenvalue weighted by Crippen LogP contribution is -2.40. The molecular weight excluding hydrogens is 208 g/mol. The van der Waals surface area contributed by atoms with Crippen LogP contribution in [0.25, 0.3) is 0 Å². The topological polar surface area (TPSA) is 91.1 Å². The van der Waals surface area contributed by atoms with E-state index in [2.05, 4.69) is 5.32 Å². The predicted octanol–water partition coefficient (Wildman–Crippen LogP) is 1.36. The maximum Gasteiger partial charge on any atom is 0.251 e. The Morgan fingerprint density at radius 2 is 2.25 bits per heavy atom. The van der Waals surface area contributed by atoms with Crippen LogP contribution in [0.3, 0.4) is 0 Å². The first-order valence-electron chi connectivity index (χ1n) is 4.81. The van der Waals surface area contributed by atoms with E-state index in [-0.39, 0.29) is 12.0 Å². The summed E-state index contributed by atoms with van der Waals surface area (Å²) in [6, 6.07) is 7.60. The van der Waals surface area contributed by atoms with Gasteiger partial charge in [-0.1, -0.05) is 35.3 Å². The molecule has 6 heteroatoms. The number of benzene rings is 1. The van der Waals surface area contributed by atoms with E-state index in [0.29, 0.717) is 0 Å². The zero-order valence-electron chi connectivity index (χ0n) is 9.15. The quantitative estimate of drug-likeness (QED) is 0.311. The Bertz CT molecular complexity index is 406. The summed E-state index contributed by atoms with van der Waals surface area (Å²) in [7, 11) is 0. The highest BCUT2D eigenvalue weighted by Crippen LogP contribution is 2.13. The monoisotopic (exact) mass is 222 g/mol. The summed E-state index contributed by atoms with van der Waals surface area (Å²) in [4.78, 5) is 10.1. The molecule has 0 bridgehead atoms. The van der Waals surface area contributed by atoms with Crippen LogP contribution in [-0.4, -0.2) is 11.0 Å². The van der Waals surface area contributed by atoms with Crippen LogP contribution in [0.5, 0.6) is 0 Å². The van der Waals surface area contributed by atoms with E-state index in [1.54, 1.807) is 5.43 Å². The summed E-state index contributed by atoms with van der Waals surface area (Å²) < 4.78 is 0. The van der Waals surface area contributed by atoms with Crippen molar-refractivity contribution in [2.45, 2.75) is 19.9 Å². The molecule has 0 aliphatic heterocycles. The third-order valence-corrected chi connectivity index (χ3v) is 2.11. The van der Waals surface area contributed by atoms with Crippen molar-refractivity contribution in [3.63, 3.8) is 0 Å². The van der Waals surface area contributed by atoms with Gasteiger partial charge in [0, 0.05) is 0 Å². The molecular formula is C10H14N4O2. The molecule has 1 atom stereocenters. The predicted molar refractivity (Wildman–Crippen MR) is 60.6 cm³/mol. The van der Waals surface area contributed by atoms with Crippen molar-refractivity contribution in [3.8, 4) is 0 Å². The average Bonchev–Trinajstić information content (AvgIpc) is 2.16. The number of rotatable bonds is 3. The van der Waals surface area contributed by atoms with Crippen LogP contribution in [0.4, 0.5) is 0 Å². The number of nitro groups is 1. The maximum atomic E-state index is 10.1. The van der Waals surface area contributed by atoms with E-state index in [1.165, 1.54) is 0 Å². The number of nitrogens with zero attached hydrogens (tertiary/aromatic N) is 1. The number of nitrogens with one attached hydrogen (secondary N) is 3. The highest BCUT2D eigenvalue weighted by molar-refractivity contribution is 5.75. The van der Waals surface area contributed by atoms with Gasteiger partial charge in [-0.15, -0.1) is 0 Å². The minimum atomic E-state index is -0.766. The van der Waals surface area contributed by atoms with Crippen molar-refractivity contribution >= 4 is 5.96 Å². The van der Waals surface area contributed by atoms with Crippen LogP contribution >= 0.6 is 0 Å². The minimum absolute atomic E-state index is 0.153. The highest BCUT2D eigenvalue weighted by Gasteiger charge is 2.09. The van der Waals surface area contributed by atoms with Gasteiger partial charge in [0.2, 0.25) is 0 Å². The van der Waals surface area contributed by atoms with E-state index in [9.17, 15) is 10.1 Å². The molecule has 0 saturated heterocycles. The second-order valence-corrected chi connectivity index (χ2v) is 3.52. The molecule has 16 heavy (non-hydrogen) atoms. The third kappa shape index (κ3) is 3.56. The van der Waals surface area contributed by atoms with Crippen molar-refractivity contribution in [1.29, 1.82) is 5.41 Å². The van der Waals surface area contributed by atoms with E-state index in [1.807, 2.05) is 38.1 Å². The highest BCUT2D eigenvalue weighted by atomic mass is 16.7. The van der Waals surface area contributed by atoms with Gasteiger partial charge in [0.1, 0.15) is 0 Å². The largest absolute Gasteiger partial charge is 0.346 e. The molecule has 0 aromatic heterocycles. The minimum Gasteiger partial charge on any atom is -0.346 e. The summed E-state index contributed by atoms with van der Waals surface area (Å²) in [5, 5.41) is 19.3. The summed E-state index contributed by atoms with van der Waals surface area (Å²) in [5.41, 5.74) is 3.84. The first-order chi connectivity index (χ1) is 7.49. The Labute approximate surface area is 93.3 Å². The van der Waals surface area contributed by atoms with Gasteiger partial charge >= 0.3 is 0 Å². The maximum absolute atomic E-state index is 10.1. The summed E-state index contributed by atoms with van der Waals surface area (Å²) in [6.45, 7) is 3.81. The molecule has 0 aliphatic rings. The standard InChI is InChI=1S/C10H14N4O2/c1-7-4-3-5-9(6-7)8(2)12-10(11)13-14(15)16/h3-6,8H,1-2H3,(H3,11,12,13). The zero-order valence-corrected chi connectivity index (χ0v) is 9.15. The van der Waals surface area contributed by atoms with Crippen LogP contribution < -0.4 is 10.7 Å². The second kappa shape index (κ2) is 5.11. The molecule has 0 saturated carbocycles. The van der Waals surface area contributed by atoms with Gasteiger partial charge in [0.05, 0.1) is 6.04 Å². The zero-order chi connectivity index (χ0) is 12.1. The Kier molecular flexibility index (Phi) is 3.82. The molecule has 86 valence electrons. The lowest BCUT2D eigenvalue weighted by molar-refractivity contribution is -0.525. The van der Waals surface area contributed by atoms with Crippen molar-refractivity contribution in [2.75, 3.05) is 0 Å². The van der Waals surface area contributed by atoms with E-state index < -0.39 is 5.03 Å². The van der Waals surface area contributed by atoms with Gasteiger partial charge in [-0.3, -0.25) is 5.41 Å². The number of hydrogen-bond acceptors (Lipinski definition) is 3. The fraction of sp³-hybridized carbons (Fsp3) is 0.300. The molecule has 3 N–H and O–H groups in total. The van der Waals surface area contributed by atoms with Crippen LogP contribution in [0, 0.1) is 22.4 Å². The molecule has 1 aromatic carbocycles. The van der Waals surface area contributed by atoms with Gasteiger partial charge in [-0.25, -0.2) is 10.1 Å². The Morgan fingerprint density at radius 3 is 2.81 bits per heavy atom. The molecule has 0 spiro atoms. The van der Waals surface area contributed by atoms with Crippen molar-refractivity contribution in [1.82, 2.24) is 10.7 Å². The van der Waals surface area contributed by atoms with Crippen LogP contribution in [0.2, 0.25) is 0 Å². The molecule has 0 amide bonds. The normalized spacial score (nSPS) is 11.6. The number of hydrogen-bond donors (Lipinski definition) is 3. The third-order valence-electron chi connectivity index (χ3n) is 2.11. The summed E-state index contributed by atoms with van der Waals surface area (Å²) in [5.74, 6) is -0.320. The van der Waals surface area contributed by atoms with Gasteiger partial charge in [-0.2, -0.15) is 0 Å². The lowest BCUT2D eigenvalue weighted by Gasteiger charge is -2.14. The molecule has 1 unspecified atom stereocenters. The van der Waals surface area contributed by atoms with Crippen LogP contribution in [-0.2, 0) is 0 Å². The fourth-order valence-corrected chi connectivity index (χ4v) is 1.36. The van der Waals surface area contributed by atoms with Gasteiger partial charge < -0.3 is 5.32 Å². The Morgan fingerprint density at radius 1 is 1.56 bits per heavy atom. The number of guanidine groups is 1. The smallest absolute Gasteiger partial charge is 0.251 e. The SMILES string of the molecule is Cc1cccc(C(C)NC(=N)N[N+](=O)[O-])c1. The summed E-state index contributed by atoms with van der Waals surface area (Å²) >= 11 is 0. The molecule has 0 fully saturated rings. The van der Waals surface area contributed by atoms with Gasteiger partial charge in [0.25, 0.3) is 5.96 Å². The average molecular weight is 222 g/mol. The molecule has 0 aliphatic carbocycles. The fourth-order valence-electron chi connectivity index (χ4n) is 1.36. The first-order valence-corrected chi connectivity index (χ1v) is 4.81. The van der Waals surface area contributed by atoms with Gasteiger partial charge in [-0.05, 0) is 19.4 Å².